The molecule has 0 spiro atoms. The third-order valence-electron chi connectivity index (χ3n) is 5.60. The monoisotopic (exact) mass is 454 g/mol. The van der Waals surface area contributed by atoms with Crippen molar-refractivity contribution in [3.8, 4) is 0 Å². The number of hydrogen-bond acceptors (Lipinski definition) is 5. The van der Waals surface area contributed by atoms with E-state index >= 15 is 0 Å². The minimum atomic E-state index is -0.718. The first-order chi connectivity index (χ1) is 16.5. The third kappa shape index (κ3) is 4.11. The van der Waals surface area contributed by atoms with Gasteiger partial charge in [0.15, 0.2) is 0 Å². The van der Waals surface area contributed by atoms with Crippen molar-refractivity contribution in [1.29, 1.82) is 0 Å². The number of nitrogens with zero attached hydrogens (tertiary/aromatic N) is 4. The molecule has 4 aromatic rings. The summed E-state index contributed by atoms with van der Waals surface area (Å²) in [5, 5.41) is 5.52. The van der Waals surface area contributed by atoms with E-state index in [1.54, 1.807) is 35.4 Å². The molecule has 9 heteroatoms. The molecule has 0 saturated heterocycles. The lowest BCUT2D eigenvalue weighted by Gasteiger charge is -2.15. The Labute approximate surface area is 195 Å². The van der Waals surface area contributed by atoms with Crippen LogP contribution >= 0.6 is 0 Å². The average molecular weight is 454 g/mol. The number of imidazole rings is 1. The topological polar surface area (TPSA) is 109 Å². The lowest BCUT2D eigenvalue weighted by molar-refractivity contribution is -0.124. The number of aromatic nitrogens is 3. The average Bonchev–Trinajstić information content (AvgIpc) is 3.31. The number of benzene rings is 2. The van der Waals surface area contributed by atoms with Crippen molar-refractivity contribution in [3.05, 3.63) is 78.6 Å². The van der Waals surface area contributed by atoms with Gasteiger partial charge in [-0.15, -0.1) is 0 Å². The molecule has 0 bridgehead atoms. The van der Waals surface area contributed by atoms with E-state index in [0.29, 0.717) is 17.3 Å². The maximum Gasteiger partial charge on any atom is 0.253 e. The van der Waals surface area contributed by atoms with Crippen LogP contribution in [0.5, 0.6) is 0 Å². The molecule has 3 heterocycles. The van der Waals surface area contributed by atoms with Crippen LogP contribution in [-0.4, -0.2) is 32.3 Å². The zero-order valence-corrected chi connectivity index (χ0v) is 18.4. The number of carbonyl (C=O) groups is 3. The SMILES string of the molecule is CC(=O)Nc1ccc(NC(=O)C[C@@H]2C(=O)N(Cc3ccccn3)c3nc4ccccc4n32)cc1. The largest absolute Gasteiger partial charge is 0.326 e. The second-order valence-corrected chi connectivity index (χ2v) is 8.04. The highest BCUT2D eigenvalue weighted by Crippen LogP contribution is 2.37. The predicted octanol–water partition coefficient (Wildman–Crippen LogP) is 3.51. The van der Waals surface area contributed by atoms with E-state index in [-0.39, 0.29) is 30.7 Å². The lowest BCUT2D eigenvalue weighted by Crippen LogP contribution is -2.31. The van der Waals surface area contributed by atoms with Crippen LogP contribution in [0.3, 0.4) is 0 Å². The Balaban J connectivity index is 1.39. The minimum absolute atomic E-state index is 0.0433. The summed E-state index contributed by atoms with van der Waals surface area (Å²) in [5.41, 5.74) is 3.50. The summed E-state index contributed by atoms with van der Waals surface area (Å²) >= 11 is 0. The van der Waals surface area contributed by atoms with E-state index in [0.717, 1.165) is 16.7 Å². The first-order valence-corrected chi connectivity index (χ1v) is 10.9. The van der Waals surface area contributed by atoms with Gasteiger partial charge in [-0.05, 0) is 48.5 Å². The van der Waals surface area contributed by atoms with Crippen LogP contribution in [0.2, 0.25) is 0 Å². The highest BCUT2D eigenvalue weighted by molar-refractivity contribution is 6.05. The van der Waals surface area contributed by atoms with E-state index in [9.17, 15) is 14.4 Å². The van der Waals surface area contributed by atoms with Gasteiger partial charge in [0.2, 0.25) is 17.8 Å². The Morgan fingerprint density at radius 2 is 1.65 bits per heavy atom. The molecule has 0 fully saturated rings. The van der Waals surface area contributed by atoms with Gasteiger partial charge in [-0.25, -0.2) is 4.98 Å². The molecule has 9 nitrogen and oxygen atoms in total. The van der Waals surface area contributed by atoms with Crippen LogP contribution in [0.15, 0.2) is 72.9 Å². The fraction of sp³-hybridized carbons (Fsp3) is 0.160. The van der Waals surface area contributed by atoms with Crippen molar-refractivity contribution in [1.82, 2.24) is 14.5 Å². The number of para-hydroxylation sites is 2. The van der Waals surface area contributed by atoms with Crippen LogP contribution in [0.4, 0.5) is 17.3 Å². The van der Waals surface area contributed by atoms with Crippen LogP contribution in [0.1, 0.15) is 25.1 Å². The number of hydrogen-bond donors (Lipinski definition) is 2. The Morgan fingerprint density at radius 1 is 0.941 bits per heavy atom. The quantitative estimate of drug-likeness (QED) is 0.463. The van der Waals surface area contributed by atoms with Crippen LogP contribution in [0, 0.1) is 0 Å². The second kappa shape index (κ2) is 8.78. The molecule has 0 aliphatic carbocycles. The lowest BCUT2D eigenvalue weighted by atomic mass is 10.1. The zero-order valence-electron chi connectivity index (χ0n) is 18.4. The van der Waals surface area contributed by atoms with Gasteiger partial charge in [-0.2, -0.15) is 0 Å². The summed E-state index contributed by atoms with van der Waals surface area (Å²) in [4.78, 5) is 48.1. The van der Waals surface area contributed by atoms with E-state index in [2.05, 4.69) is 20.6 Å². The molecule has 1 aliphatic rings. The first-order valence-electron chi connectivity index (χ1n) is 10.9. The van der Waals surface area contributed by atoms with Crippen LogP contribution in [0.25, 0.3) is 11.0 Å². The number of anilines is 3. The van der Waals surface area contributed by atoms with Crippen molar-refractivity contribution < 1.29 is 14.4 Å². The molecule has 2 aromatic carbocycles. The smallest absolute Gasteiger partial charge is 0.253 e. The molecule has 3 amide bonds. The molecule has 0 radical (unpaired) electrons. The third-order valence-corrected chi connectivity index (χ3v) is 5.60. The van der Waals surface area contributed by atoms with Crippen molar-refractivity contribution in [2.75, 3.05) is 15.5 Å². The fourth-order valence-electron chi connectivity index (χ4n) is 4.13. The maximum atomic E-state index is 13.4. The molecular weight excluding hydrogens is 432 g/mol. The van der Waals surface area contributed by atoms with Gasteiger partial charge >= 0.3 is 0 Å². The molecule has 2 N–H and O–H groups in total. The van der Waals surface area contributed by atoms with Crippen molar-refractivity contribution in [2.24, 2.45) is 0 Å². The van der Waals surface area contributed by atoms with Crippen LogP contribution < -0.4 is 15.5 Å². The van der Waals surface area contributed by atoms with Gasteiger partial charge < -0.3 is 10.6 Å². The molecule has 1 atom stereocenters. The van der Waals surface area contributed by atoms with Crippen molar-refractivity contribution in [2.45, 2.75) is 25.9 Å². The first kappa shape index (κ1) is 21.3. The summed E-state index contributed by atoms with van der Waals surface area (Å²) < 4.78 is 1.83. The molecule has 34 heavy (non-hydrogen) atoms. The fourth-order valence-corrected chi connectivity index (χ4v) is 4.13. The highest BCUT2D eigenvalue weighted by Gasteiger charge is 2.41. The van der Waals surface area contributed by atoms with Gasteiger partial charge in [0.25, 0.3) is 5.91 Å². The van der Waals surface area contributed by atoms with Gasteiger partial charge in [0.05, 0.1) is 29.7 Å². The molecule has 2 aromatic heterocycles. The summed E-state index contributed by atoms with van der Waals surface area (Å²) in [7, 11) is 0. The summed E-state index contributed by atoms with van der Waals surface area (Å²) in [6.07, 6.45) is 1.64. The summed E-state index contributed by atoms with van der Waals surface area (Å²) in [6, 6.07) is 19.2. The summed E-state index contributed by atoms with van der Waals surface area (Å²) in [5.74, 6) is -0.159. The highest BCUT2D eigenvalue weighted by atomic mass is 16.2. The predicted molar refractivity (Wildman–Crippen MR) is 128 cm³/mol. The normalized spacial score (nSPS) is 14.8. The zero-order chi connectivity index (χ0) is 23.7. The Morgan fingerprint density at radius 3 is 2.35 bits per heavy atom. The van der Waals surface area contributed by atoms with Crippen molar-refractivity contribution in [3.63, 3.8) is 0 Å². The molecule has 1 aliphatic heterocycles. The number of nitrogens with one attached hydrogen (secondary N) is 2. The number of carbonyl (C=O) groups excluding carboxylic acids is 3. The van der Waals surface area contributed by atoms with E-state index in [4.69, 9.17) is 0 Å². The van der Waals surface area contributed by atoms with Crippen LogP contribution in [-0.2, 0) is 20.9 Å². The maximum absolute atomic E-state index is 13.4. The molecule has 170 valence electrons. The second-order valence-electron chi connectivity index (χ2n) is 8.04. The van der Waals surface area contributed by atoms with E-state index in [1.165, 1.54) is 6.92 Å². The summed E-state index contributed by atoms with van der Waals surface area (Å²) in [6.45, 7) is 1.70. The molecule has 0 saturated carbocycles. The van der Waals surface area contributed by atoms with Gasteiger partial charge in [0.1, 0.15) is 6.04 Å². The number of pyridine rings is 1. The van der Waals surface area contributed by atoms with Gasteiger partial charge in [-0.3, -0.25) is 28.8 Å². The number of amides is 3. The van der Waals surface area contributed by atoms with Gasteiger partial charge in [0, 0.05) is 24.5 Å². The molecule has 0 unspecified atom stereocenters. The Hall–Kier alpha value is -4.53. The van der Waals surface area contributed by atoms with E-state index < -0.39 is 6.04 Å². The van der Waals surface area contributed by atoms with Gasteiger partial charge in [-0.1, -0.05) is 18.2 Å². The Bertz CT molecular complexity index is 1380. The number of fused-ring (bicyclic) bond motifs is 3. The van der Waals surface area contributed by atoms with Crippen molar-refractivity contribution >= 4 is 46.1 Å². The number of rotatable bonds is 6. The Kier molecular flexibility index (Phi) is 5.51. The molecular formula is C25H22N6O3. The standard InChI is InChI=1S/C25H22N6O3/c1-16(32)27-17-9-11-18(12-10-17)28-23(33)14-22-24(34)30(15-19-6-4-5-13-26-19)25-29-20-7-2-3-8-21(20)31(22)25/h2-13,22H,14-15H2,1H3,(H,27,32)(H,28,33)/t22-/m1/s1. The van der Waals surface area contributed by atoms with E-state index in [1.807, 2.05) is 47.0 Å². The minimum Gasteiger partial charge on any atom is -0.326 e. The molecule has 5 rings (SSSR count).